The molecule has 0 rings (SSSR count). The highest BCUT2D eigenvalue weighted by Gasteiger charge is 2.22. The summed E-state index contributed by atoms with van der Waals surface area (Å²) >= 11 is 0. The summed E-state index contributed by atoms with van der Waals surface area (Å²) in [6.45, 7) is 4.64. The van der Waals surface area contributed by atoms with Gasteiger partial charge in [-0.15, -0.1) is 0 Å². The Morgan fingerprint density at radius 2 is 0.613 bits per heavy atom. The smallest absolute Gasteiger partial charge is 0.306 e. The molecule has 0 amide bonds. The SMILES string of the molecule is CC/C=C\C/C=C\C/C=C\C/C=C\C/C=C\C/C=C\C/C=C\CCCCCCCC(=O)OC(COC(=O)CCCCCCCCCCCCCCCCCCCCCCCCCCCCCCC/C=C\CCCCCCCCCC)COC(OCC[N+](C)(C)C)C(=O)[O-]. The largest absolute Gasteiger partial charge is 0.545 e. The molecule has 2 unspecified atom stereocenters. The number of rotatable bonds is 73. The number of hydrogen-bond donors (Lipinski definition) is 0. The lowest BCUT2D eigenvalue weighted by Crippen LogP contribution is -2.44. The van der Waals surface area contributed by atoms with Crippen molar-refractivity contribution < 1.29 is 42.9 Å². The zero-order valence-electron chi connectivity index (χ0n) is 61.6. The molecule has 9 heteroatoms. The molecular weight excluding hydrogens is 1150 g/mol. The van der Waals surface area contributed by atoms with Crippen LogP contribution >= 0.6 is 0 Å². The van der Waals surface area contributed by atoms with Crippen LogP contribution in [0.3, 0.4) is 0 Å². The first-order valence-electron chi connectivity index (χ1n) is 39.4. The van der Waals surface area contributed by atoms with Crippen LogP contribution in [0.5, 0.6) is 0 Å². The molecule has 9 nitrogen and oxygen atoms in total. The van der Waals surface area contributed by atoms with Crippen molar-refractivity contribution in [2.45, 2.75) is 373 Å². The number of likely N-dealkylation sites (N-methyl/N-ethyl adjacent to an activating group) is 1. The van der Waals surface area contributed by atoms with Gasteiger partial charge < -0.3 is 33.3 Å². The van der Waals surface area contributed by atoms with Gasteiger partial charge in [0.2, 0.25) is 0 Å². The van der Waals surface area contributed by atoms with Gasteiger partial charge in [-0.1, -0.05) is 349 Å². The van der Waals surface area contributed by atoms with Gasteiger partial charge in [0, 0.05) is 12.8 Å². The predicted octanol–water partition coefficient (Wildman–Crippen LogP) is 23.8. The molecule has 2 atom stereocenters. The lowest BCUT2D eigenvalue weighted by Gasteiger charge is -2.26. The van der Waals surface area contributed by atoms with E-state index in [1.54, 1.807) is 0 Å². The molecule has 0 saturated carbocycles. The van der Waals surface area contributed by atoms with Gasteiger partial charge in [0.25, 0.3) is 0 Å². The number of nitrogens with zero attached hydrogens (tertiary/aromatic N) is 1. The number of ether oxygens (including phenoxy) is 4. The second-order valence-corrected chi connectivity index (χ2v) is 27.6. The van der Waals surface area contributed by atoms with Gasteiger partial charge in [-0.2, -0.15) is 0 Å². The van der Waals surface area contributed by atoms with E-state index in [9.17, 15) is 19.5 Å². The summed E-state index contributed by atoms with van der Waals surface area (Å²) in [6.07, 6.45) is 99.7. The van der Waals surface area contributed by atoms with Gasteiger partial charge >= 0.3 is 11.9 Å². The van der Waals surface area contributed by atoms with E-state index < -0.39 is 24.3 Å². The van der Waals surface area contributed by atoms with Crippen molar-refractivity contribution in [2.24, 2.45) is 0 Å². The first kappa shape index (κ1) is 89.2. The Balaban J connectivity index is 4.00. The van der Waals surface area contributed by atoms with Crippen LogP contribution in [0.2, 0.25) is 0 Å². The molecule has 0 spiro atoms. The van der Waals surface area contributed by atoms with Gasteiger partial charge in [0.1, 0.15) is 13.2 Å². The third-order valence-corrected chi connectivity index (χ3v) is 17.3. The maximum atomic E-state index is 12.9. The lowest BCUT2D eigenvalue weighted by molar-refractivity contribution is -0.870. The van der Waals surface area contributed by atoms with E-state index in [2.05, 4.69) is 111 Å². The molecule has 0 aliphatic rings. The summed E-state index contributed by atoms with van der Waals surface area (Å²) in [5, 5.41) is 11.8. The molecule has 0 aliphatic carbocycles. The Morgan fingerprint density at radius 1 is 0.333 bits per heavy atom. The molecule has 0 fully saturated rings. The summed E-state index contributed by atoms with van der Waals surface area (Å²) in [4.78, 5) is 37.5. The molecule has 0 aliphatic heterocycles. The molecule has 538 valence electrons. The van der Waals surface area contributed by atoms with Crippen LogP contribution in [0.25, 0.3) is 0 Å². The van der Waals surface area contributed by atoms with Gasteiger partial charge in [-0.05, 0) is 96.3 Å². The molecule has 0 radical (unpaired) electrons. The number of aliphatic carboxylic acids is 1. The molecule has 0 aromatic carbocycles. The fourth-order valence-electron chi connectivity index (χ4n) is 11.3. The number of carboxylic acids is 1. The summed E-state index contributed by atoms with van der Waals surface area (Å²) in [6, 6.07) is 0. The van der Waals surface area contributed by atoms with E-state index in [0.717, 1.165) is 96.3 Å². The summed E-state index contributed by atoms with van der Waals surface area (Å²) < 4.78 is 22.8. The standard InChI is InChI=1S/C84H149NO8/c1-6-8-10-12-14-16-18-20-22-24-26-28-30-32-34-35-36-37-38-39-40-41-42-43-44-45-46-47-49-50-52-54-56-58-60-62-64-66-68-70-72-74-81(86)91-78-80(79-92-84(83(88)89)90-77-76-85(3,4)5)93-82(87)75-73-71-69-67-65-63-61-59-57-55-53-51-48-33-31-29-27-25-23-21-19-17-15-13-11-9-7-2/h9,11,15,17,21,23-24,26-27,29,33,48,53,55,59,61,80,84H,6-8,10,12-14,16,18-20,22,25,28,30-32,34-47,49-52,54,56-58,60,62-79H2,1-5H3/b11-9-,17-15-,23-21-,26-24-,29-27-,48-33-,55-53-,61-59-. The van der Waals surface area contributed by atoms with Gasteiger partial charge in [-0.25, -0.2) is 0 Å². The van der Waals surface area contributed by atoms with E-state index >= 15 is 0 Å². The minimum atomic E-state index is -1.63. The highest BCUT2D eigenvalue weighted by Crippen LogP contribution is 2.19. The number of quaternary nitrogens is 1. The second kappa shape index (κ2) is 74.0. The fraction of sp³-hybridized carbons (Fsp3) is 0.774. The van der Waals surface area contributed by atoms with Crippen molar-refractivity contribution in [1.29, 1.82) is 0 Å². The number of carbonyl (C=O) groups excluding carboxylic acids is 3. The maximum Gasteiger partial charge on any atom is 0.306 e. The normalized spacial score (nSPS) is 13.2. The topological polar surface area (TPSA) is 111 Å². The van der Waals surface area contributed by atoms with Crippen molar-refractivity contribution in [2.75, 3.05) is 47.5 Å². The van der Waals surface area contributed by atoms with Crippen LogP contribution in [0, 0.1) is 0 Å². The van der Waals surface area contributed by atoms with Crippen molar-refractivity contribution >= 4 is 17.9 Å². The number of allylic oxidation sites excluding steroid dienone is 16. The van der Waals surface area contributed by atoms with Gasteiger partial charge in [-0.3, -0.25) is 9.59 Å². The third-order valence-electron chi connectivity index (χ3n) is 17.3. The Hall–Kier alpha value is -3.79. The maximum absolute atomic E-state index is 12.9. The first-order chi connectivity index (χ1) is 45.6. The van der Waals surface area contributed by atoms with Crippen LogP contribution in [0.15, 0.2) is 97.2 Å². The van der Waals surface area contributed by atoms with Crippen LogP contribution in [-0.2, 0) is 33.3 Å². The Morgan fingerprint density at radius 3 is 0.925 bits per heavy atom. The number of carbonyl (C=O) groups is 3. The van der Waals surface area contributed by atoms with E-state index in [1.165, 1.54) is 231 Å². The van der Waals surface area contributed by atoms with Crippen LogP contribution in [0.4, 0.5) is 0 Å². The lowest BCUT2D eigenvalue weighted by atomic mass is 10.0. The molecule has 0 aromatic rings. The number of esters is 2. The monoisotopic (exact) mass is 1300 g/mol. The van der Waals surface area contributed by atoms with Crippen molar-refractivity contribution in [1.82, 2.24) is 0 Å². The van der Waals surface area contributed by atoms with Crippen LogP contribution in [-0.4, -0.2) is 82.3 Å². The summed E-state index contributed by atoms with van der Waals surface area (Å²) in [7, 11) is 5.93. The molecule has 0 aromatic heterocycles. The van der Waals surface area contributed by atoms with E-state index in [-0.39, 0.29) is 38.6 Å². The average molecular weight is 1300 g/mol. The number of hydrogen-bond acceptors (Lipinski definition) is 8. The summed E-state index contributed by atoms with van der Waals surface area (Å²) in [5.74, 6) is -2.30. The zero-order valence-corrected chi connectivity index (χ0v) is 61.6. The van der Waals surface area contributed by atoms with E-state index in [0.29, 0.717) is 17.4 Å². The van der Waals surface area contributed by atoms with Crippen molar-refractivity contribution in [3.8, 4) is 0 Å². The number of unbranched alkanes of at least 4 members (excludes halogenated alkanes) is 42. The molecule has 93 heavy (non-hydrogen) atoms. The minimum absolute atomic E-state index is 0.140. The van der Waals surface area contributed by atoms with Crippen molar-refractivity contribution in [3.63, 3.8) is 0 Å². The molecular formula is C84H149NO8. The Kier molecular flexibility index (Phi) is 71.0. The molecule has 0 heterocycles. The molecule has 0 bridgehead atoms. The highest BCUT2D eigenvalue weighted by molar-refractivity contribution is 5.70. The highest BCUT2D eigenvalue weighted by atomic mass is 16.7. The van der Waals surface area contributed by atoms with E-state index in [4.69, 9.17) is 18.9 Å². The minimum Gasteiger partial charge on any atom is -0.545 e. The first-order valence-corrected chi connectivity index (χ1v) is 39.4. The third kappa shape index (κ3) is 75.5. The predicted molar refractivity (Wildman–Crippen MR) is 398 cm³/mol. The van der Waals surface area contributed by atoms with Crippen LogP contribution < -0.4 is 5.11 Å². The van der Waals surface area contributed by atoms with Crippen molar-refractivity contribution in [3.05, 3.63) is 97.2 Å². The Bertz CT molecular complexity index is 1850. The van der Waals surface area contributed by atoms with Crippen LogP contribution in [0.1, 0.15) is 361 Å². The number of carboxylic acid groups (broad SMARTS) is 1. The fourth-order valence-corrected chi connectivity index (χ4v) is 11.3. The average Bonchev–Trinajstić information content (AvgIpc) is 3.38. The second-order valence-electron chi connectivity index (χ2n) is 27.6. The zero-order chi connectivity index (χ0) is 67.5. The van der Waals surface area contributed by atoms with Gasteiger partial charge in [0.05, 0.1) is 40.3 Å². The molecule has 0 N–H and O–H groups in total. The Labute approximate surface area is 575 Å². The quantitative estimate of drug-likeness (QED) is 0.0195. The molecule has 0 saturated heterocycles. The summed E-state index contributed by atoms with van der Waals surface area (Å²) in [5.41, 5.74) is 0. The van der Waals surface area contributed by atoms with E-state index in [1.807, 2.05) is 21.1 Å². The van der Waals surface area contributed by atoms with Gasteiger partial charge in [0.15, 0.2) is 12.4 Å².